The van der Waals surface area contributed by atoms with Crippen LogP contribution in [0.4, 0.5) is 0 Å². The lowest BCUT2D eigenvalue weighted by Gasteiger charge is -2.07. The molecule has 21 heavy (non-hydrogen) atoms. The molecule has 6 heteroatoms. The summed E-state index contributed by atoms with van der Waals surface area (Å²) in [6.45, 7) is 2.03. The molecule has 108 valence electrons. The molecule has 0 fully saturated rings. The molecular formula is C15H17N5O. The zero-order valence-corrected chi connectivity index (χ0v) is 11.8. The van der Waals surface area contributed by atoms with E-state index in [-0.39, 0.29) is 0 Å². The number of hydrogen-bond acceptors (Lipinski definition) is 5. The number of nitrogens with two attached hydrogens (primary N) is 1. The van der Waals surface area contributed by atoms with Gasteiger partial charge in [-0.3, -0.25) is 4.98 Å². The lowest BCUT2D eigenvalue weighted by atomic mass is 10.1. The normalized spacial score (nSPS) is 12.7. The zero-order valence-electron chi connectivity index (χ0n) is 11.8. The number of pyridine rings is 1. The van der Waals surface area contributed by atoms with Gasteiger partial charge in [0.05, 0.1) is 16.9 Å². The minimum absolute atomic E-state index is 0.474. The van der Waals surface area contributed by atoms with E-state index in [1.165, 1.54) is 6.33 Å². The first kappa shape index (κ1) is 13.7. The topological polar surface area (TPSA) is 89.3 Å². The SMILES string of the molecule is Cc1cc(-c2ccncc2)n2ncnc(CCC(N)O)c12. The number of hydrogen-bond donors (Lipinski definition) is 2. The van der Waals surface area contributed by atoms with Crippen molar-refractivity contribution in [3.05, 3.63) is 48.2 Å². The van der Waals surface area contributed by atoms with Crippen LogP contribution >= 0.6 is 0 Å². The molecule has 0 aliphatic heterocycles. The summed E-state index contributed by atoms with van der Waals surface area (Å²) >= 11 is 0. The van der Waals surface area contributed by atoms with E-state index in [1.54, 1.807) is 12.4 Å². The Hall–Kier alpha value is -2.31. The summed E-state index contributed by atoms with van der Waals surface area (Å²) in [5, 5.41) is 13.6. The summed E-state index contributed by atoms with van der Waals surface area (Å²) in [5.74, 6) is 0. The molecule has 0 saturated heterocycles. The highest BCUT2D eigenvalue weighted by Gasteiger charge is 2.14. The van der Waals surface area contributed by atoms with Crippen LogP contribution in [0.1, 0.15) is 17.7 Å². The summed E-state index contributed by atoms with van der Waals surface area (Å²) in [7, 11) is 0. The van der Waals surface area contributed by atoms with E-state index in [1.807, 2.05) is 23.6 Å². The van der Waals surface area contributed by atoms with Gasteiger partial charge in [-0.1, -0.05) is 0 Å². The van der Waals surface area contributed by atoms with Crippen molar-refractivity contribution in [3.8, 4) is 11.3 Å². The molecule has 0 aliphatic carbocycles. The van der Waals surface area contributed by atoms with Crippen LogP contribution in [-0.4, -0.2) is 30.9 Å². The monoisotopic (exact) mass is 283 g/mol. The van der Waals surface area contributed by atoms with Crippen LogP contribution < -0.4 is 5.73 Å². The fourth-order valence-electron chi connectivity index (χ4n) is 2.50. The van der Waals surface area contributed by atoms with Crippen LogP contribution in [0, 0.1) is 6.92 Å². The minimum atomic E-state index is -0.824. The molecule has 0 spiro atoms. The molecule has 3 aromatic heterocycles. The van der Waals surface area contributed by atoms with Gasteiger partial charge in [0.25, 0.3) is 0 Å². The summed E-state index contributed by atoms with van der Waals surface area (Å²) in [4.78, 5) is 8.38. The second-order valence-electron chi connectivity index (χ2n) is 5.02. The van der Waals surface area contributed by atoms with E-state index in [0.29, 0.717) is 12.8 Å². The Kier molecular flexibility index (Phi) is 3.64. The smallest absolute Gasteiger partial charge is 0.136 e. The third-order valence-electron chi connectivity index (χ3n) is 3.47. The summed E-state index contributed by atoms with van der Waals surface area (Å²) in [5.41, 5.74) is 10.4. The van der Waals surface area contributed by atoms with Gasteiger partial charge in [0.15, 0.2) is 0 Å². The predicted molar refractivity (Wildman–Crippen MR) is 79.5 cm³/mol. The van der Waals surface area contributed by atoms with Crippen molar-refractivity contribution in [2.45, 2.75) is 26.0 Å². The van der Waals surface area contributed by atoms with Crippen LogP contribution in [0.3, 0.4) is 0 Å². The number of aliphatic hydroxyl groups excluding tert-OH is 1. The van der Waals surface area contributed by atoms with Gasteiger partial charge in [0.1, 0.15) is 12.6 Å². The molecule has 3 aromatic rings. The molecule has 1 atom stereocenters. The molecule has 0 aliphatic rings. The van der Waals surface area contributed by atoms with Gasteiger partial charge < -0.3 is 10.8 Å². The second kappa shape index (κ2) is 5.59. The van der Waals surface area contributed by atoms with Crippen molar-refractivity contribution in [1.29, 1.82) is 0 Å². The highest BCUT2D eigenvalue weighted by Crippen LogP contribution is 2.26. The number of fused-ring (bicyclic) bond motifs is 1. The maximum absolute atomic E-state index is 9.26. The van der Waals surface area contributed by atoms with Crippen molar-refractivity contribution >= 4 is 5.52 Å². The first-order valence-electron chi connectivity index (χ1n) is 6.83. The standard InChI is InChI=1S/C15H17N5O/c1-10-8-13(11-4-6-17-7-5-11)20-15(10)12(18-9-19-20)2-3-14(16)21/h4-9,14,21H,2-3,16H2,1H3. The van der Waals surface area contributed by atoms with Gasteiger partial charge in [-0.05, 0) is 43.5 Å². The predicted octanol–water partition coefficient (Wildman–Crippen LogP) is 1.31. The van der Waals surface area contributed by atoms with Crippen molar-refractivity contribution in [2.24, 2.45) is 5.73 Å². The first-order valence-corrected chi connectivity index (χ1v) is 6.83. The van der Waals surface area contributed by atoms with Crippen molar-refractivity contribution in [3.63, 3.8) is 0 Å². The quantitative estimate of drug-likeness (QED) is 0.705. The molecule has 0 aromatic carbocycles. The number of rotatable bonds is 4. The van der Waals surface area contributed by atoms with E-state index in [2.05, 4.69) is 21.1 Å². The molecular weight excluding hydrogens is 266 g/mol. The largest absolute Gasteiger partial charge is 0.379 e. The molecule has 0 saturated carbocycles. The van der Waals surface area contributed by atoms with Crippen molar-refractivity contribution in [2.75, 3.05) is 0 Å². The average molecular weight is 283 g/mol. The number of aromatic nitrogens is 4. The number of aliphatic hydroxyl groups is 1. The van der Waals surface area contributed by atoms with Gasteiger partial charge in [0.2, 0.25) is 0 Å². The Morgan fingerprint density at radius 2 is 2.10 bits per heavy atom. The van der Waals surface area contributed by atoms with Gasteiger partial charge in [0, 0.05) is 18.0 Å². The molecule has 0 radical (unpaired) electrons. The molecule has 3 rings (SSSR count). The van der Waals surface area contributed by atoms with Crippen LogP contribution in [0.2, 0.25) is 0 Å². The van der Waals surface area contributed by atoms with E-state index in [9.17, 15) is 5.11 Å². The Bertz CT molecular complexity index is 751. The summed E-state index contributed by atoms with van der Waals surface area (Å²) in [6, 6.07) is 5.99. The van der Waals surface area contributed by atoms with E-state index in [0.717, 1.165) is 28.0 Å². The number of nitrogens with zero attached hydrogens (tertiary/aromatic N) is 4. The highest BCUT2D eigenvalue weighted by atomic mass is 16.3. The molecule has 3 N–H and O–H groups in total. The lowest BCUT2D eigenvalue weighted by molar-refractivity contribution is 0.172. The van der Waals surface area contributed by atoms with Gasteiger partial charge in [-0.15, -0.1) is 0 Å². The first-order chi connectivity index (χ1) is 10.2. The van der Waals surface area contributed by atoms with Crippen molar-refractivity contribution in [1.82, 2.24) is 19.6 Å². The Morgan fingerprint density at radius 3 is 2.81 bits per heavy atom. The maximum atomic E-state index is 9.26. The van der Waals surface area contributed by atoms with Crippen LogP contribution in [-0.2, 0) is 6.42 Å². The van der Waals surface area contributed by atoms with E-state index >= 15 is 0 Å². The fourth-order valence-corrected chi connectivity index (χ4v) is 2.50. The molecule has 0 bridgehead atoms. The molecule has 6 nitrogen and oxygen atoms in total. The summed E-state index contributed by atoms with van der Waals surface area (Å²) in [6.07, 6.45) is 5.32. The number of aryl methyl sites for hydroxylation is 2. The maximum Gasteiger partial charge on any atom is 0.136 e. The third kappa shape index (κ3) is 2.63. The fraction of sp³-hybridized carbons (Fsp3) is 0.267. The Labute approximate surface area is 122 Å². The van der Waals surface area contributed by atoms with Gasteiger partial charge >= 0.3 is 0 Å². The second-order valence-corrected chi connectivity index (χ2v) is 5.02. The Morgan fingerprint density at radius 1 is 1.33 bits per heavy atom. The minimum Gasteiger partial charge on any atom is -0.379 e. The average Bonchev–Trinajstić information content (AvgIpc) is 2.84. The van der Waals surface area contributed by atoms with Crippen LogP contribution in [0.25, 0.3) is 16.8 Å². The van der Waals surface area contributed by atoms with Gasteiger partial charge in [-0.25, -0.2) is 9.50 Å². The van der Waals surface area contributed by atoms with E-state index < -0.39 is 6.23 Å². The molecule has 0 amide bonds. The summed E-state index contributed by atoms with van der Waals surface area (Å²) < 4.78 is 1.88. The third-order valence-corrected chi connectivity index (χ3v) is 3.47. The highest BCUT2D eigenvalue weighted by molar-refractivity contribution is 5.71. The van der Waals surface area contributed by atoms with Crippen LogP contribution in [0.15, 0.2) is 36.9 Å². The Balaban J connectivity index is 2.12. The lowest BCUT2D eigenvalue weighted by Crippen LogP contribution is -2.19. The van der Waals surface area contributed by atoms with Gasteiger partial charge in [-0.2, -0.15) is 5.10 Å². The molecule has 1 unspecified atom stereocenters. The van der Waals surface area contributed by atoms with E-state index in [4.69, 9.17) is 5.73 Å². The van der Waals surface area contributed by atoms with Crippen molar-refractivity contribution < 1.29 is 5.11 Å². The van der Waals surface area contributed by atoms with Crippen LogP contribution in [0.5, 0.6) is 0 Å². The zero-order chi connectivity index (χ0) is 14.8. The molecule has 3 heterocycles.